The van der Waals surface area contributed by atoms with Gasteiger partial charge in [-0.3, -0.25) is 4.79 Å². The number of fused-ring (bicyclic) bond motifs is 5. The topological polar surface area (TPSA) is 72.6 Å². The Bertz CT molecular complexity index is 1050. The van der Waals surface area contributed by atoms with Gasteiger partial charge in [0, 0.05) is 28.8 Å². The third-order valence-corrected chi connectivity index (χ3v) is 5.97. The summed E-state index contributed by atoms with van der Waals surface area (Å²) in [7, 11) is 0. The van der Waals surface area contributed by atoms with Crippen LogP contribution in [0.15, 0.2) is 60.7 Å². The van der Waals surface area contributed by atoms with Crippen LogP contribution in [0.5, 0.6) is 11.5 Å². The SMILES string of the molecule is N[C@@]12CC(=O)c3c(cc(Oc4ccccc4)c4ccccc34)[C@H]1C[C@H](O)C2. The normalized spacial score (nSPS) is 26.7. The number of hydrogen-bond donors (Lipinski definition) is 2. The smallest absolute Gasteiger partial charge is 0.165 e. The molecule has 0 heterocycles. The van der Waals surface area contributed by atoms with Crippen molar-refractivity contribution in [1.29, 1.82) is 0 Å². The molecule has 0 radical (unpaired) electrons. The Labute approximate surface area is 157 Å². The fraction of sp³-hybridized carbons (Fsp3) is 0.261. The van der Waals surface area contributed by atoms with E-state index in [1.165, 1.54) is 0 Å². The maximum atomic E-state index is 13.0. The third kappa shape index (κ3) is 2.56. The molecule has 4 nitrogen and oxygen atoms in total. The Hall–Kier alpha value is -2.69. The molecule has 0 aromatic heterocycles. The molecule has 3 aromatic rings. The molecule has 0 bridgehead atoms. The van der Waals surface area contributed by atoms with Crippen LogP contribution in [0.3, 0.4) is 0 Å². The summed E-state index contributed by atoms with van der Waals surface area (Å²) < 4.78 is 6.19. The van der Waals surface area contributed by atoms with Crippen molar-refractivity contribution in [2.24, 2.45) is 5.73 Å². The van der Waals surface area contributed by atoms with Gasteiger partial charge in [-0.25, -0.2) is 0 Å². The van der Waals surface area contributed by atoms with E-state index in [1.807, 2.05) is 60.7 Å². The van der Waals surface area contributed by atoms with Crippen LogP contribution in [0, 0.1) is 0 Å². The summed E-state index contributed by atoms with van der Waals surface area (Å²) in [5, 5.41) is 12.0. The average Bonchev–Trinajstić information content (AvgIpc) is 2.96. The minimum atomic E-state index is -0.671. The second-order valence-electron chi connectivity index (χ2n) is 7.78. The van der Waals surface area contributed by atoms with Crippen LogP contribution < -0.4 is 10.5 Å². The molecule has 3 atom stereocenters. The van der Waals surface area contributed by atoms with Crippen molar-refractivity contribution >= 4 is 16.6 Å². The number of hydrogen-bond acceptors (Lipinski definition) is 4. The first-order valence-corrected chi connectivity index (χ1v) is 9.34. The van der Waals surface area contributed by atoms with Crippen molar-refractivity contribution in [2.75, 3.05) is 0 Å². The average molecular weight is 359 g/mol. The molecule has 27 heavy (non-hydrogen) atoms. The van der Waals surface area contributed by atoms with Gasteiger partial charge in [0.15, 0.2) is 5.78 Å². The molecule has 2 aliphatic rings. The number of Topliss-reactive ketones (excluding diaryl/α,β-unsaturated/α-hetero) is 1. The molecule has 4 heteroatoms. The number of rotatable bonds is 2. The maximum Gasteiger partial charge on any atom is 0.165 e. The largest absolute Gasteiger partial charge is 0.457 e. The van der Waals surface area contributed by atoms with Crippen molar-refractivity contribution in [3.05, 3.63) is 71.8 Å². The van der Waals surface area contributed by atoms with Gasteiger partial charge >= 0.3 is 0 Å². The molecule has 0 saturated heterocycles. The lowest BCUT2D eigenvalue weighted by atomic mass is 9.70. The lowest BCUT2D eigenvalue weighted by Crippen LogP contribution is -2.47. The zero-order chi connectivity index (χ0) is 18.6. The van der Waals surface area contributed by atoms with Crippen LogP contribution in [-0.2, 0) is 0 Å². The van der Waals surface area contributed by atoms with Gasteiger partial charge in [-0.2, -0.15) is 0 Å². The summed E-state index contributed by atoms with van der Waals surface area (Å²) >= 11 is 0. The first kappa shape index (κ1) is 16.5. The summed E-state index contributed by atoms with van der Waals surface area (Å²) in [6.45, 7) is 0. The minimum absolute atomic E-state index is 0.0390. The van der Waals surface area contributed by atoms with E-state index in [0.29, 0.717) is 18.6 Å². The van der Waals surface area contributed by atoms with Gasteiger partial charge in [0.1, 0.15) is 11.5 Å². The van der Waals surface area contributed by atoms with E-state index in [4.69, 9.17) is 10.5 Å². The van der Waals surface area contributed by atoms with Crippen molar-refractivity contribution in [3.63, 3.8) is 0 Å². The highest BCUT2D eigenvalue weighted by Crippen LogP contribution is 2.51. The first-order valence-electron chi connectivity index (χ1n) is 9.34. The molecule has 5 rings (SSSR count). The monoisotopic (exact) mass is 359 g/mol. The number of nitrogens with two attached hydrogens (primary N) is 1. The van der Waals surface area contributed by atoms with Crippen molar-refractivity contribution in [3.8, 4) is 11.5 Å². The zero-order valence-electron chi connectivity index (χ0n) is 14.9. The molecule has 136 valence electrons. The molecule has 3 N–H and O–H groups in total. The Morgan fingerprint density at radius 1 is 1.04 bits per heavy atom. The highest BCUT2D eigenvalue weighted by atomic mass is 16.5. The van der Waals surface area contributed by atoms with Crippen LogP contribution in [-0.4, -0.2) is 22.5 Å². The number of aliphatic hydroxyl groups is 1. The van der Waals surface area contributed by atoms with E-state index in [1.54, 1.807) is 0 Å². The van der Waals surface area contributed by atoms with E-state index in [2.05, 4.69) is 0 Å². The van der Waals surface area contributed by atoms with E-state index in [-0.39, 0.29) is 18.1 Å². The van der Waals surface area contributed by atoms with Crippen LogP contribution in [0.25, 0.3) is 10.8 Å². The Balaban J connectivity index is 1.74. The van der Waals surface area contributed by atoms with Gasteiger partial charge in [0.25, 0.3) is 0 Å². The summed E-state index contributed by atoms with van der Waals surface area (Å²) in [6, 6.07) is 19.4. The third-order valence-electron chi connectivity index (χ3n) is 5.97. The quantitative estimate of drug-likeness (QED) is 0.721. The molecule has 0 unspecified atom stereocenters. The van der Waals surface area contributed by atoms with Gasteiger partial charge in [0.2, 0.25) is 0 Å². The van der Waals surface area contributed by atoms with Gasteiger partial charge in [-0.15, -0.1) is 0 Å². The summed E-state index contributed by atoms with van der Waals surface area (Å²) in [5.41, 5.74) is 7.57. The van der Waals surface area contributed by atoms with Gasteiger partial charge in [0.05, 0.1) is 6.10 Å². The number of benzene rings is 3. The number of ether oxygens (including phenoxy) is 1. The fourth-order valence-electron chi connectivity index (χ4n) is 4.84. The van der Waals surface area contributed by atoms with Crippen LogP contribution in [0.4, 0.5) is 0 Å². The number of aliphatic hydroxyl groups excluding tert-OH is 1. The number of carbonyl (C=O) groups excluding carboxylic acids is 1. The lowest BCUT2D eigenvalue weighted by Gasteiger charge is -2.37. The van der Waals surface area contributed by atoms with Gasteiger partial charge in [-0.1, -0.05) is 42.5 Å². The Morgan fingerprint density at radius 2 is 1.74 bits per heavy atom. The summed E-state index contributed by atoms with van der Waals surface area (Å²) in [5.74, 6) is 1.48. The maximum absolute atomic E-state index is 13.0. The zero-order valence-corrected chi connectivity index (χ0v) is 14.9. The lowest BCUT2D eigenvalue weighted by molar-refractivity contribution is 0.0926. The molecule has 0 spiro atoms. The number of para-hydroxylation sites is 1. The van der Waals surface area contributed by atoms with Crippen LogP contribution >= 0.6 is 0 Å². The summed E-state index contributed by atoms with van der Waals surface area (Å²) in [6.07, 6.45) is 0.860. The number of carbonyl (C=O) groups is 1. The highest BCUT2D eigenvalue weighted by molar-refractivity contribution is 6.12. The molecular weight excluding hydrogens is 338 g/mol. The second kappa shape index (κ2) is 5.91. The minimum Gasteiger partial charge on any atom is -0.457 e. The molecule has 3 aromatic carbocycles. The predicted molar refractivity (Wildman–Crippen MR) is 104 cm³/mol. The van der Waals surface area contributed by atoms with Crippen LogP contribution in [0.1, 0.15) is 41.1 Å². The Kier molecular flexibility index (Phi) is 3.61. The van der Waals surface area contributed by atoms with E-state index in [0.717, 1.165) is 27.6 Å². The standard InChI is InChI=1S/C23H21NO3/c24-23-12-14(25)10-19(23)18-11-21(27-15-6-2-1-3-7-15)16-8-4-5-9-17(16)22(18)20(26)13-23/h1-9,11,14,19,25H,10,12-13,24H2/t14-,19+,23-/m0/s1. The first-order chi connectivity index (χ1) is 13.0. The van der Waals surface area contributed by atoms with Gasteiger partial charge in [-0.05, 0) is 42.0 Å². The highest BCUT2D eigenvalue weighted by Gasteiger charge is 2.50. The predicted octanol–water partition coefficient (Wildman–Crippen LogP) is 4.15. The molecule has 0 aliphatic heterocycles. The Morgan fingerprint density at radius 3 is 2.52 bits per heavy atom. The van der Waals surface area contributed by atoms with Crippen molar-refractivity contribution in [2.45, 2.75) is 36.8 Å². The van der Waals surface area contributed by atoms with E-state index < -0.39 is 11.6 Å². The molecule has 1 saturated carbocycles. The summed E-state index contributed by atoms with van der Waals surface area (Å²) in [4.78, 5) is 13.0. The molecular formula is C23H21NO3. The van der Waals surface area contributed by atoms with Crippen molar-refractivity contribution < 1.29 is 14.6 Å². The van der Waals surface area contributed by atoms with Crippen LogP contribution in [0.2, 0.25) is 0 Å². The molecule has 2 aliphatic carbocycles. The van der Waals surface area contributed by atoms with Crippen molar-refractivity contribution in [1.82, 2.24) is 0 Å². The van der Waals surface area contributed by atoms with E-state index in [9.17, 15) is 9.90 Å². The number of ketones is 1. The molecule has 0 amide bonds. The fourth-order valence-corrected chi connectivity index (χ4v) is 4.84. The van der Waals surface area contributed by atoms with E-state index >= 15 is 0 Å². The molecule has 1 fully saturated rings. The second-order valence-corrected chi connectivity index (χ2v) is 7.78. The van der Waals surface area contributed by atoms with Gasteiger partial charge < -0.3 is 15.6 Å².